The number of anilines is 1. The minimum atomic E-state index is -0.800. The molecule has 0 spiro atoms. The largest absolute Gasteiger partial charge is 0.481 e. The van der Waals surface area contributed by atoms with Gasteiger partial charge in [0.05, 0.1) is 5.92 Å². The van der Waals surface area contributed by atoms with Crippen LogP contribution in [0.4, 0.5) is 5.69 Å². The molecule has 6 heteroatoms. The van der Waals surface area contributed by atoms with Gasteiger partial charge in [0.25, 0.3) is 5.91 Å². The predicted octanol–water partition coefficient (Wildman–Crippen LogP) is 2.02. The summed E-state index contributed by atoms with van der Waals surface area (Å²) in [6.07, 6.45) is 3.61. The lowest BCUT2D eigenvalue weighted by Crippen LogP contribution is -2.33. The summed E-state index contributed by atoms with van der Waals surface area (Å²) >= 11 is 0. The number of carbonyl (C=O) groups is 3. The summed E-state index contributed by atoms with van der Waals surface area (Å²) in [6.45, 7) is 0. The van der Waals surface area contributed by atoms with Gasteiger partial charge in [0, 0.05) is 23.2 Å². The highest BCUT2D eigenvalue weighted by Crippen LogP contribution is 2.30. The van der Waals surface area contributed by atoms with Crippen molar-refractivity contribution in [3.05, 3.63) is 29.8 Å². The number of aliphatic carboxylic acids is 1. The lowest BCUT2D eigenvalue weighted by atomic mass is 10.1. The fourth-order valence-electron chi connectivity index (χ4n) is 2.93. The van der Waals surface area contributed by atoms with Gasteiger partial charge in [-0.05, 0) is 50.3 Å². The van der Waals surface area contributed by atoms with E-state index in [1.54, 1.807) is 24.3 Å². The molecule has 0 aliphatic heterocycles. The van der Waals surface area contributed by atoms with E-state index >= 15 is 0 Å². The Morgan fingerprint density at radius 2 is 1.78 bits per heavy atom. The second-order valence-electron chi connectivity index (χ2n) is 6.36. The first-order valence-corrected chi connectivity index (χ1v) is 7.97. The van der Waals surface area contributed by atoms with Gasteiger partial charge in [-0.15, -0.1) is 0 Å². The van der Waals surface area contributed by atoms with Crippen molar-refractivity contribution in [2.45, 2.75) is 38.1 Å². The Balaban J connectivity index is 1.59. The number of amides is 2. The quantitative estimate of drug-likeness (QED) is 0.774. The molecule has 2 atom stereocenters. The Bertz CT molecular complexity index is 639. The van der Waals surface area contributed by atoms with Gasteiger partial charge in [0.2, 0.25) is 5.91 Å². The maximum absolute atomic E-state index is 12.3. The Morgan fingerprint density at radius 3 is 2.43 bits per heavy atom. The van der Waals surface area contributed by atoms with Crippen LogP contribution in [0.15, 0.2) is 24.3 Å². The standard InChI is InChI=1S/C17H20N2O4/c20-15(10-4-5-10)18-13-3-1-2-11(8-13)16(21)19-14-7-6-12(9-14)17(22)23/h1-3,8,10,12,14H,4-7,9H2,(H,18,20)(H,19,21)(H,22,23)/t12-,14+/m0/s1. The first-order chi connectivity index (χ1) is 11.0. The molecule has 122 valence electrons. The van der Waals surface area contributed by atoms with Crippen LogP contribution in [0, 0.1) is 11.8 Å². The zero-order chi connectivity index (χ0) is 16.4. The second kappa shape index (κ2) is 6.40. The molecule has 0 aromatic heterocycles. The van der Waals surface area contributed by atoms with Gasteiger partial charge in [-0.3, -0.25) is 14.4 Å². The smallest absolute Gasteiger partial charge is 0.306 e. The maximum atomic E-state index is 12.3. The van der Waals surface area contributed by atoms with E-state index in [2.05, 4.69) is 10.6 Å². The molecule has 0 saturated heterocycles. The maximum Gasteiger partial charge on any atom is 0.306 e. The van der Waals surface area contributed by atoms with Crippen molar-refractivity contribution in [3.8, 4) is 0 Å². The van der Waals surface area contributed by atoms with Crippen molar-refractivity contribution in [2.75, 3.05) is 5.32 Å². The highest BCUT2D eigenvalue weighted by atomic mass is 16.4. The van der Waals surface area contributed by atoms with E-state index in [0.29, 0.717) is 30.5 Å². The van der Waals surface area contributed by atoms with Crippen LogP contribution in [0.1, 0.15) is 42.5 Å². The van der Waals surface area contributed by atoms with Gasteiger partial charge in [-0.1, -0.05) is 6.07 Å². The first kappa shape index (κ1) is 15.5. The minimum absolute atomic E-state index is 0.00245. The van der Waals surface area contributed by atoms with Gasteiger partial charge in [-0.2, -0.15) is 0 Å². The predicted molar refractivity (Wildman–Crippen MR) is 84.0 cm³/mol. The van der Waals surface area contributed by atoms with E-state index in [0.717, 1.165) is 12.8 Å². The number of benzene rings is 1. The highest BCUT2D eigenvalue weighted by molar-refractivity contribution is 5.98. The number of carboxylic acids is 1. The van der Waals surface area contributed by atoms with E-state index in [-0.39, 0.29) is 29.7 Å². The molecule has 2 aliphatic carbocycles. The molecule has 2 saturated carbocycles. The van der Waals surface area contributed by atoms with Crippen molar-refractivity contribution in [1.29, 1.82) is 0 Å². The zero-order valence-electron chi connectivity index (χ0n) is 12.7. The fraction of sp³-hybridized carbons (Fsp3) is 0.471. The van der Waals surface area contributed by atoms with Crippen LogP contribution in [0.25, 0.3) is 0 Å². The molecule has 23 heavy (non-hydrogen) atoms. The first-order valence-electron chi connectivity index (χ1n) is 7.97. The lowest BCUT2D eigenvalue weighted by molar-refractivity contribution is -0.141. The SMILES string of the molecule is O=C(N[C@@H]1CC[C@H](C(=O)O)C1)c1cccc(NC(=O)C2CC2)c1. The molecule has 0 unspecified atom stereocenters. The Kier molecular flexibility index (Phi) is 4.32. The van der Waals surface area contributed by atoms with Crippen molar-refractivity contribution in [2.24, 2.45) is 11.8 Å². The number of hydrogen-bond acceptors (Lipinski definition) is 3. The highest BCUT2D eigenvalue weighted by Gasteiger charge is 2.31. The van der Waals surface area contributed by atoms with Crippen LogP contribution in [-0.4, -0.2) is 28.9 Å². The molecule has 2 aliphatic rings. The van der Waals surface area contributed by atoms with E-state index in [4.69, 9.17) is 5.11 Å². The fourth-order valence-corrected chi connectivity index (χ4v) is 2.93. The minimum Gasteiger partial charge on any atom is -0.481 e. The van der Waals surface area contributed by atoms with Crippen LogP contribution in [0.3, 0.4) is 0 Å². The van der Waals surface area contributed by atoms with E-state index < -0.39 is 5.97 Å². The third-order valence-electron chi connectivity index (χ3n) is 4.46. The molecule has 3 N–H and O–H groups in total. The van der Waals surface area contributed by atoms with Gasteiger partial charge in [0.15, 0.2) is 0 Å². The Hall–Kier alpha value is -2.37. The number of carboxylic acid groups (broad SMARTS) is 1. The van der Waals surface area contributed by atoms with Gasteiger partial charge in [-0.25, -0.2) is 0 Å². The Morgan fingerprint density at radius 1 is 1.04 bits per heavy atom. The zero-order valence-corrected chi connectivity index (χ0v) is 12.7. The number of carbonyl (C=O) groups excluding carboxylic acids is 2. The van der Waals surface area contributed by atoms with Gasteiger partial charge in [0.1, 0.15) is 0 Å². The average Bonchev–Trinajstić information content (AvgIpc) is 3.27. The molecule has 0 radical (unpaired) electrons. The molecule has 6 nitrogen and oxygen atoms in total. The molecule has 2 amide bonds. The summed E-state index contributed by atoms with van der Waals surface area (Å²) in [6, 6.07) is 6.72. The van der Waals surface area contributed by atoms with Crippen molar-refractivity contribution >= 4 is 23.5 Å². The van der Waals surface area contributed by atoms with Gasteiger partial charge >= 0.3 is 5.97 Å². The molecule has 1 aromatic carbocycles. The molecule has 2 fully saturated rings. The van der Waals surface area contributed by atoms with E-state index in [1.165, 1.54) is 0 Å². The summed E-state index contributed by atoms with van der Waals surface area (Å²) in [5.41, 5.74) is 1.08. The molecule has 0 heterocycles. The number of nitrogens with one attached hydrogen (secondary N) is 2. The van der Waals surface area contributed by atoms with Crippen LogP contribution in [0.2, 0.25) is 0 Å². The normalized spacial score (nSPS) is 23.3. The third-order valence-corrected chi connectivity index (χ3v) is 4.46. The average molecular weight is 316 g/mol. The summed E-state index contributed by atoms with van der Waals surface area (Å²) in [4.78, 5) is 35.0. The van der Waals surface area contributed by atoms with E-state index in [9.17, 15) is 14.4 Å². The summed E-state index contributed by atoms with van der Waals surface area (Å²) in [5.74, 6) is -1.29. The molecule has 3 rings (SSSR count). The summed E-state index contributed by atoms with van der Waals surface area (Å²) in [5, 5.41) is 14.7. The number of hydrogen-bond donors (Lipinski definition) is 3. The second-order valence-corrected chi connectivity index (χ2v) is 6.36. The van der Waals surface area contributed by atoms with Crippen LogP contribution >= 0.6 is 0 Å². The monoisotopic (exact) mass is 316 g/mol. The van der Waals surface area contributed by atoms with Crippen molar-refractivity contribution in [1.82, 2.24) is 5.32 Å². The molecule has 0 bridgehead atoms. The topological polar surface area (TPSA) is 95.5 Å². The molecule has 1 aromatic rings. The van der Waals surface area contributed by atoms with Crippen molar-refractivity contribution in [3.63, 3.8) is 0 Å². The third kappa shape index (κ3) is 3.88. The summed E-state index contributed by atoms with van der Waals surface area (Å²) < 4.78 is 0. The van der Waals surface area contributed by atoms with Gasteiger partial charge < -0.3 is 15.7 Å². The van der Waals surface area contributed by atoms with Crippen LogP contribution in [-0.2, 0) is 9.59 Å². The van der Waals surface area contributed by atoms with Crippen LogP contribution in [0.5, 0.6) is 0 Å². The molecular weight excluding hydrogens is 296 g/mol. The van der Waals surface area contributed by atoms with Crippen molar-refractivity contribution < 1.29 is 19.5 Å². The lowest BCUT2D eigenvalue weighted by Gasteiger charge is -2.13. The van der Waals surface area contributed by atoms with Crippen LogP contribution < -0.4 is 10.6 Å². The summed E-state index contributed by atoms with van der Waals surface area (Å²) in [7, 11) is 0. The number of rotatable bonds is 5. The Labute approximate surface area is 134 Å². The molecular formula is C17H20N2O4. The van der Waals surface area contributed by atoms with E-state index in [1.807, 2.05) is 0 Å².